The van der Waals surface area contributed by atoms with Crippen LogP contribution < -0.4 is 4.90 Å². The Balaban J connectivity index is 1.96. The van der Waals surface area contributed by atoms with Crippen molar-refractivity contribution in [2.45, 2.75) is 6.18 Å². The molecule has 0 unspecified atom stereocenters. The average molecular weight is 394 g/mol. The smallest absolute Gasteiger partial charge is 0.368 e. The Morgan fingerprint density at radius 1 is 1.12 bits per heavy atom. The lowest BCUT2D eigenvalue weighted by atomic mass is 10.1. The predicted molar refractivity (Wildman–Crippen MR) is 102 cm³/mol. The third-order valence-corrected chi connectivity index (χ3v) is 5.71. The molecule has 24 heavy (non-hydrogen) atoms. The van der Waals surface area contributed by atoms with Gasteiger partial charge in [-0.15, -0.1) is 0 Å². The van der Waals surface area contributed by atoms with Crippen molar-refractivity contribution in [1.29, 1.82) is 0 Å². The van der Waals surface area contributed by atoms with Gasteiger partial charge in [-0.25, -0.2) is 0 Å². The SMILES string of the molecule is CN(C)C(=S)SC(=S)N1CCN(c2cccc(C(F)(F)F)c2)CC1. The average Bonchev–Trinajstić information content (AvgIpc) is 2.54. The first-order valence-electron chi connectivity index (χ1n) is 7.28. The van der Waals surface area contributed by atoms with Crippen molar-refractivity contribution in [3.8, 4) is 0 Å². The van der Waals surface area contributed by atoms with Crippen LogP contribution in [-0.4, -0.2) is 58.7 Å². The molecule has 0 aliphatic carbocycles. The van der Waals surface area contributed by atoms with Crippen LogP contribution in [-0.2, 0) is 6.18 Å². The molecule has 0 N–H and O–H groups in total. The second-order valence-corrected chi connectivity index (χ2v) is 7.82. The molecule has 0 aromatic heterocycles. The number of thioether (sulfide) groups is 1. The highest BCUT2D eigenvalue weighted by atomic mass is 32.2. The quantitative estimate of drug-likeness (QED) is 0.669. The highest BCUT2D eigenvalue weighted by Gasteiger charge is 2.31. The maximum atomic E-state index is 12.8. The van der Waals surface area contributed by atoms with Crippen molar-refractivity contribution in [2.24, 2.45) is 0 Å². The van der Waals surface area contributed by atoms with E-state index >= 15 is 0 Å². The maximum Gasteiger partial charge on any atom is 0.416 e. The Hall–Kier alpha value is -1.06. The van der Waals surface area contributed by atoms with Crippen LogP contribution in [0.4, 0.5) is 18.9 Å². The van der Waals surface area contributed by atoms with E-state index in [1.807, 2.05) is 28.8 Å². The predicted octanol–water partition coefficient (Wildman–Crippen LogP) is 3.69. The van der Waals surface area contributed by atoms with Gasteiger partial charge < -0.3 is 14.7 Å². The summed E-state index contributed by atoms with van der Waals surface area (Å²) in [5, 5.41) is 0. The molecule has 1 aliphatic heterocycles. The Bertz CT molecular complexity index is 611. The summed E-state index contributed by atoms with van der Waals surface area (Å²) in [4.78, 5) is 5.81. The van der Waals surface area contributed by atoms with E-state index < -0.39 is 11.7 Å². The van der Waals surface area contributed by atoms with Crippen LogP contribution in [0.5, 0.6) is 0 Å². The molecule has 0 saturated carbocycles. The summed E-state index contributed by atoms with van der Waals surface area (Å²) in [5.41, 5.74) is -0.0308. The summed E-state index contributed by atoms with van der Waals surface area (Å²) >= 11 is 12.0. The fourth-order valence-corrected chi connectivity index (χ4v) is 3.71. The van der Waals surface area contributed by atoms with Crippen LogP contribution >= 0.6 is 36.2 Å². The number of alkyl halides is 3. The first kappa shape index (κ1) is 19.3. The number of hydrogen-bond donors (Lipinski definition) is 0. The van der Waals surface area contributed by atoms with Gasteiger partial charge >= 0.3 is 6.18 Å². The van der Waals surface area contributed by atoms with Gasteiger partial charge in [-0.3, -0.25) is 0 Å². The van der Waals surface area contributed by atoms with Crippen molar-refractivity contribution >= 4 is 50.5 Å². The van der Waals surface area contributed by atoms with Gasteiger partial charge in [0.1, 0.15) is 8.64 Å². The van der Waals surface area contributed by atoms with Crippen LogP contribution in [0.2, 0.25) is 0 Å². The van der Waals surface area contributed by atoms with Gasteiger partial charge in [-0.1, -0.05) is 30.5 Å². The Kier molecular flexibility index (Phi) is 6.33. The molecule has 0 bridgehead atoms. The number of rotatable bonds is 1. The summed E-state index contributed by atoms with van der Waals surface area (Å²) in [6, 6.07) is 5.44. The minimum atomic E-state index is -4.32. The van der Waals surface area contributed by atoms with Gasteiger partial charge in [-0.2, -0.15) is 13.2 Å². The number of hydrogen-bond acceptors (Lipinski definition) is 4. The van der Waals surface area contributed by atoms with E-state index in [1.165, 1.54) is 23.9 Å². The van der Waals surface area contributed by atoms with Gasteiger partial charge in [-0.05, 0) is 30.0 Å². The lowest BCUT2D eigenvalue weighted by molar-refractivity contribution is -0.137. The zero-order valence-corrected chi connectivity index (χ0v) is 15.8. The topological polar surface area (TPSA) is 9.72 Å². The summed E-state index contributed by atoms with van der Waals surface area (Å²) in [6.45, 7) is 2.57. The molecule has 1 aromatic carbocycles. The number of benzene rings is 1. The lowest BCUT2D eigenvalue weighted by Gasteiger charge is -2.37. The molecule has 1 aromatic rings. The standard InChI is InChI=1S/C15H18F3N3S3/c1-19(2)13(22)24-14(23)21-8-6-20(7-9-21)12-5-3-4-11(10-12)15(16,17)18/h3-5,10H,6-9H2,1-2H3. The number of nitrogens with zero attached hydrogens (tertiary/aromatic N) is 3. The first-order chi connectivity index (χ1) is 11.2. The van der Waals surface area contributed by atoms with Gasteiger partial charge in [0.25, 0.3) is 0 Å². The minimum absolute atomic E-state index is 0.590. The highest BCUT2D eigenvalue weighted by molar-refractivity contribution is 8.37. The zero-order valence-electron chi connectivity index (χ0n) is 13.3. The van der Waals surface area contributed by atoms with E-state index in [2.05, 4.69) is 0 Å². The van der Waals surface area contributed by atoms with Gasteiger partial charge in [0.15, 0.2) is 0 Å². The molecule has 2 rings (SSSR count). The minimum Gasteiger partial charge on any atom is -0.368 e. The third-order valence-electron chi connectivity index (χ3n) is 3.62. The summed E-state index contributed by atoms with van der Waals surface area (Å²) in [5.74, 6) is 0. The molecule has 0 atom stereocenters. The molecule has 0 spiro atoms. The summed E-state index contributed by atoms with van der Waals surface area (Å²) < 4.78 is 39.9. The first-order valence-corrected chi connectivity index (χ1v) is 8.92. The molecule has 1 aliphatic rings. The van der Waals surface area contributed by atoms with Crippen molar-refractivity contribution in [1.82, 2.24) is 9.80 Å². The van der Waals surface area contributed by atoms with Crippen molar-refractivity contribution < 1.29 is 13.2 Å². The van der Waals surface area contributed by atoms with Crippen molar-refractivity contribution in [3.63, 3.8) is 0 Å². The second kappa shape index (κ2) is 7.88. The van der Waals surface area contributed by atoms with Gasteiger partial charge in [0, 0.05) is 46.0 Å². The molecular weight excluding hydrogens is 375 g/mol. The van der Waals surface area contributed by atoms with Crippen LogP contribution in [0.15, 0.2) is 24.3 Å². The summed E-state index contributed by atoms with van der Waals surface area (Å²) in [7, 11) is 3.73. The molecule has 1 saturated heterocycles. The van der Waals surface area contributed by atoms with Crippen LogP contribution in [0, 0.1) is 0 Å². The van der Waals surface area contributed by atoms with E-state index in [0.717, 1.165) is 6.07 Å². The largest absolute Gasteiger partial charge is 0.416 e. The summed E-state index contributed by atoms with van der Waals surface area (Å²) in [6.07, 6.45) is -4.32. The maximum absolute atomic E-state index is 12.8. The number of halogens is 3. The molecule has 0 amide bonds. The monoisotopic (exact) mass is 393 g/mol. The van der Waals surface area contributed by atoms with Crippen LogP contribution in [0.25, 0.3) is 0 Å². The normalized spacial score (nSPS) is 15.4. The van der Waals surface area contributed by atoms with E-state index in [9.17, 15) is 13.2 Å². The van der Waals surface area contributed by atoms with Crippen molar-refractivity contribution in [2.75, 3.05) is 45.2 Å². The molecule has 3 nitrogen and oxygen atoms in total. The molecule has 0 radical (unpaired) electrons. The van der Waals surface area contributed by atoms with Crippen LogP contribution in [0.1, 0.15) is 5.56 Å². The van der Waals surface area contributed by atoms with E-state index in [1.54, 1.807) is 6.07 Å². The van der Waals surface area contributed by atoms with E-state index in [-0.39, 0.29) is 0 Å². The fourth-order valence-electron chi connectivity index (χ4n) is 2.26. The van der Waals surface area contributed by atoms with Gasteiger partial charge in [0.05, 0.1) is 5.56 Å². The Morgan fingerprint density at radius 3 is 2.29 bits per heavy atom. The molecular formula is C15H18F3N3S3. The van der Waals surface area contributed by atoms with E-state index in [0.29, 0.717) is 40.5 Å². The van der Waals surface area contributed by atoms with Gasteiger partial charge in [0.2, 0.25) is 0 Å². The lowest BCUT2D eigenvalue weighted by Crippen LogP contribution is -2.48. The molecule has 9 heteroatoms. The zero-order chi connectivity index (χ0) is 17.9. The molecule has 1 fully saturated rings. The number of thiocarbonyl (C=S) groups is 2. The molecule has 132 valence electrons. The fraction of sp³-hybridized carbons (Fsp3) is 0.467. The Labute approximate surface area is 154 Å². The Morgan fingerprint density at radius 2 is 1.75 bits per heavy atom. The van der Waals surface area contributed by atoms with Crippen LogP contribution in [0.3, 0.4) is 0 Å². The van der Waals surface area contributed by atoms with Crippen molar-refractivity contribution in [3.05, 3.63) is 29.8 Å². The van der Waals surface area contributed by atoms with E-state index in [4.69, 9.17) is 24.4 Å². The third kappa shape index (κ3) is 4.97. The highest BCUT2D eigenvalue weighted by Crippen LogP contribution is 2.32. The molecule has 1 heterocycles. The number of piperazine rings is 1. The number of anilines is 1. The second-order valence-electron chi connectivity index (χ2n) is 5.55.